The van der Waals surface area contributed by atoms with Crippen LogP contribution in [-0.2, 0) is 17.6 Å². The summed E-state index contributed by atoms with van der Waals surface area (Å²) in [5.41, 5.74) is 4.67. The molecule has 0 unspecified atom stereocenters. The van der Waals surface area contributed by atoms with Crippen molar-refractivity contribution >= 4 is 17.5 Å². The summed E-state index contributed by atoms with van der Waals surface area (Å²) in [5.74, 6) is 1.66. The highest BCUT2D eigenvalue weighted by molar-refractivity contribution is 6.30. The van der Waals surface area contributed by atoms with Crippen LogP contribution in [0.4, 0.5) is 0 Å². The van der Waals surface area contributed by atoms with Crippen LogP contribution in [0.3, 0.4) is 0 Å². The fourth-order valence-corrected chi connectivity index (χ4v) is 4.28. The van der Waals surface area contributed by atoms with Crippen LogP contribution in [0.2, 0.25) is 5.02 Å². The molecule has 2 aromatic heterocycles. The number of aromatic nitrogens is 3. The highest BCUT2D eigenvalue weighted by Crippen LogP contribution is 2.28. The van der Waals surface area contributed by atoms with Gasteiger partial charge in [0.05, 0.1) is 0 Å². The van der Waals surface area contributed by atoms with Crippen molar-refractivity contribution in [2.75, 3.05) is 13.1 Å². The number of amides is 1. The van der Waals surface area contributed by atoms with E-state index in [2.05, 4.69) is 34.4 Å². The molecule has 6 nitrogen and oxygen atoms in total. The SMILES string of the molecule is Cc1cc(Cc2ccc(Cl)cc2)cc(C2CCN(C(=O)CCc3nc(C)no3)CC2)n1. The van der Waals surface area contributed by atoms with E-state index in [1.807, 2.05) is 24.0 Å². The Bertz CT molecular complexity index is 1040. The van der Waals surface area contributed by atoms with Gasteiger partial charge in [0.1, 0.15) is 0 Å². The molecule has 0 aliphatic carbocycles. The predicted molar refractivity (Wildman–Crippen MR) is 119 cm³/mol. The van der Waals surface area contributed by atoms with E-state index in [1.165, 1.54) is 11.1 Å². The lowest BCUT2D eigenvalue weighted by Crippen LogP contribution is -2.38. The zero-order valence-corrected chi connectivity index (χ0v) is 18.7. The van der Waals surface area contributed by atoms with Gasteiger partial charge in [-0.05, 0) is 68.5 Å². The lowest BCUT2D eigenvalue weighted by Gasteiger charge is -2.32. The van der Waals surface area contributed by atoms with E-state index < -0.39 is 0 Å². The van der Waals surface area contributed by atoms with Crippen molar-refractivity contribution in [3.63, 3.8) is 0 Å². The highest BCUT2D eigenvalue weighted by atomic mass is 35.5. The molecule has 0 bridgehead atoms. The fourth-order valence-electron chi connectivity index (χ4n) is 4.16. The molecule has 0 spiro atoms. The fraction of sp³-hybridized carbons (Fsp3) is 0.417. The minimum atomic E-state index is 0.148. The molecule has 1 amide bonds. The van der Waals surface area contributed by atoms with Gasteiger partial charge < -0.3 is 9.42 Å². The number of pyridine rings is 1. The van der Waals surface area contributed by atoms with E-state index >= 15 is 0 Å². The van der Waals surface area contributed by atoms with Gasteiger partial charge in [-0.25, -0.2) is 0 Å². The van der Waals surface area contributed by atoms with E-state index in [9.17, 15) is 4.79 Å². The molecule has 1 aliphatic heterocycles. The Hall–Kier alpha value is -2.73. The standard InChI is InChI=1S/C24H27ClN4O2/c1-16-13-19(14-18-3-5-21(25)6-4-18)15-22(26-16)20-9-11-29(12-10-20)24(30)8-7-23-27-17(2)28-31-23/h3-6,13,15,20H,7-12,14H2,1-2H3. The molecular weight excluding hydrogens is 412 g/mol. The lowest BCUT2D eigenvalue weighted by molar-refractivity contribution is -0.132. The number of hydrogen-bond donors (Lipinski definition) is 0. The second kappa shape index (κ2) is 9.60. The molecule has 3 aromatic rings. The Kier molecular flexibility index (Phi) is 6.66. The van der Waals surface area contributed by atoms with Gasteiger partial charge in [-0.1, -0.05) is 28.9 Å². The Balaban J connectivity index is 1.34. The number of piperidine rings is 1. The number of carbonyl (C=O) groups is 1. The monoisotopic (exact) mass is 438 g/mol. The number of nitrogens with zero attached hydrogens (tertiary/aromatic N) is 4. The first-order valence-electron chi connectivity index (χ1n) is 10.7. The number of halogens is 1. The summed E-state index contributed by atoms with van der Waals surface area (Å²) >= 11 is 6.00. The molecule has 162 valence electrons. The summed E-state index contributed by atoms with van der Waals surface area (Å²) in [7, 11) is 0. The van der Waals surface area contributed by atoms with E-state index in [0.29, 0.717) is 30.5 Å². The molecule has 1 fully saturated rings. The summed E-state index contributed by atoms with van der Waals surface area (Å²) in [5, 5.41) is 4.52. The average molecular weight is 439 g/mol. The van der Waals surface area contributed by atoms with Crippen LogP contribution in [0.1, 0.15) is 59.4 Å². The molecular formula is C24H27ClN4O2. The summed E-state index contributed by atoms with van der Waals surface area (Å²) in [6, 6.07) is 12.4. The van der Waals surface area contributed by atoms with Crippen LogP contribution in [0.15, 0.2) is 40.9 Å². The van der Waals surface area contributed by atoms with Gasteiger partial charge in [0, 0.05) is 48.3 Å². The molecule has 0 saturated carbocycles. The molecule has 0 N–H and O–H groups in total. The summed E-state index contributed by atoms with van der Waals surface area (Å²) in [6.07, 6.45) is 3.62. The lowest BCUT2D eigenvalue weighted by atomic mass is 9.91. The molecule has 3 heterocycles. The molecule has 1 aliphatic rings. The molecule has 4 rings (SSSR count). The number of likely N-dealkylation sites (tertiary alicyclic amines) is 1. The third-order valence-corrected chi connectivity index (χ3v) is 5.99. The van der Waals surface area contributed by atoms with Crippen molar-refractivity contribution in [2.24, 2.45) is 0 Å². The topological polar surface area (TPSA) is 72.1 Å². The number of carbonyl (C=O) groups excluding carboxylic acids is 1. The Morgan fingerprint density at radius 2 is 1.84 bits per heavy atom. The molecule has 1 saturated heterocycles. The second-order valence-electron chi connectivity index (χ2n) is 8.24. The first-order chi connectivity index (χ1) is 15.0. The van der Waals surface area contributed by atoms with E-state index in [0.717, 1.165) is 48.8 Å². The van der Waals surface area contributed by atoms with Gasteiger partial charge in [-0.2, -0.15) is 4.98 Å². The number of rotatable bonds is 6. The predicted octanol–water partition coefficient (Wildman–Crippen LogP) is 4.66. The van der Waals surface area contributed by atoms with Gasteiger partial charge in [-0.15, -0.1) is 0 Å². The molecule has 7 heteroatoms. The Morgan fingerprint density at radius 1 is 1.10 bits per heavy atom. The maximum atomic E-state index is 12.6. The highest BCUT2D eigenvalue weighted by Gasteiger charge is 2.25. The number of benzene rings is 1. The largest absolute Gasteiger partial charge is 0.343 e. The molecule has 1 aromatic carbocycles. The number of aryl methyl sites for hydroxylation is 3. The Morgan fingerprint density at radius 3 is 2.52 bits per heavy atom. The van der Waals surface area contributed by atoms with Crippen LogP contribution >= 0.6 is 11.6 Å². The zero-order valence-electron chi connectivity index (χ0n) is 18.0. The molecule has 0 radical (unpaired) electrons. The molecule has 0 atom stereocenters. The van der Waals surface area contributed by atoms with Crippen molar-refractivity contribution in [3.8, 4) is 0 Å². The van der Waals surface area contributed by atoms with Crippen LogP contribution in [0, 0.1) is 13.8 Å². The first kappa shape index (κ1) is 21.5. The summed E-state index contributed by atoms with van der Waals surface area (Å²) in [6.45, 7) is 5.34. The van der Waals surface area contributed by atoms with Crippen LogP contribution < -0.4 is 0 Å². The van der Waals surface area contributed by atoms with Gasteiger partial charge in [0.15, 0.2) is 5.82 Å². The van der Waals surface area contributed by atoms with Gasteiger partial charge in [0.2, 0.25) is 11.8 Å². The maximum absolute atomic E-state index is 12.6. The van der Waals surface area contributed by atoms with Gasteiger partial charge in [0.25, 0.3) is 0 Å². The van der Waals surface area contributed by atoms with Crippen molar-refractivity contribution in [3.05, 3.63) is 75.7 Å². The third-order valence-electron chi connectivity index (χ3n) is 5.74. The van der Waals surface area contributed by atoms with E-state index in [1.54, 1.807) is 6.92 Å². The summed E-state index contributed by atoms with van der Waals surface area (Å²) < 4.78 is 5.10. The minimum Gasteiger partial charge on any atom is -0.343 e. The third kappa shape index (κ3) is 5.70. The minimum absolute atomic E-state index is 0.148. The summed E-state index contributed by atoms with van der Waals surface area (Å²) in [4.78, 5) is 23.5. The average Bonchev–Trinajstić information content (AvgIpc) is 3.18. The second-order valence-corrected chi connectivity index (χ2v) is 8.67. The smallest absolute Gasteiger partial charge is 0.227 e. The Labute approximate surface area is 187 Å². The number of hydrogen-bond acceptors (Lipinski definition) is 5. The van der Waals surface area contributed by atoms with Crippen molar-refractivity contribution in [2.45, 2.75) is 51.9 Å². The normalized spacial score (nSPS) is 14.7. The van der Waals surface area contributed by atoms with E-state index in [-0.39, 0.29) is 5.91 Å². The quantitative estimate of drug-likeness (QED) is 0.559. The first-order valence-corrected chi connectivity index (χ1v) is 11.1. The van der Waals surface area contributed by atoms with Crippen molar-refractivity contribution < 1.29 is 9.32 Å². The van der Waals surface area contributed by atoms with E-state index in [4.69, 9.17) is 21.1 Å². The van der Waals surface area contributed by atoms with Crippen LogP contribution in [0.5, 0.6) is 0 Å². The van der Waals surface area contributed by atoms with Crippen LogP contribution in [-0.4, -0.2) is 39.0 Å². The maximum Gasteiger partial charge on any atom is 0.227 e. The molecule has 31 heavy (non-hydrogen) atoms. The zero-order chi connectivity index (χ0) is 21.8. The van der Waals surface area contributed by atoms with Crippen molar-refractivity contribution in [1.29, 1.82) is 0 Å². The van der Waals surface area contributed by atoms with Gasteiger partial charge in [-0.3, -0.25) is 9.78 Å². The van der Waals surface area contributed by atoms with Crippen molar-refractivity contribution in [1.82, 2.24) is 20.0 Å². The van der Waals surface area contributed by atoms with Gasteiger partial charge >= 0.3 is 0 Å². The van der Waals surface area contributed by atoms with Crippen LogP contribution in [0.25, 0.3) is 0 Å².